The second kappa shape index (κ2) is 2.84. The fourth-order valence-electron chi connectivity index (χ4n) is 2.52. The van der Waals surface area contributed by atoms with Crippen LogP contribution in [0.1, 0.15) is 19.3 Å². The van der Waals surface area contributed by atoms with Crippen LogP contribution in [0.5, 0.6) is 0 Å². The van der Waals surface area contributed by atoms with Crippen molar-refractivity contribution in [2.75, 3.05) is 6.61 Å². The fourth-order valence-corrected chi connectivity index (χ4v) is 2.52. The minimum atomic E-state index is -0.716. The number of hydrogen-bond acceptors (Lipinski definition) is 2. The van der Waals surface area contributed by atoms with Crippen LogP contribution in [0.2, 0.25) is 0 Å². The number of carbonyl (C=O) groups is 1. The molecule has 0 spiro atoms. The summed E-state index contributed by atoms with van der Waals surface area (Å²) in [6, 6.07) is 0. The van der Waals surface area contributed by atoms with Gasteiger partial charge in [0.2, 0.25) is 0 Å². The van der Waals surface area contributed by atoms with Crippen LogP contribution in [0.25, 0.3) is 0 Å². The van der Waals surface area contributed by atoms with Crippen molar-refractivity contribution >= 4 is 5.97 Å². The summed E-state index contributed by atoms with van der Waals surface area (Å²) in [5, 5.41) is 18.2. The molecule has 0 amide bonds. The van der Waals surface area contributed by atoms with E-state index in [2.05, 4.69) is 0 Å². The van der Waals surface area contributed by atoms with Crippen LogP contribution >= 0.6 is 0 Å². The van der Waals surface area contributed by atoms with Gasteiger partial charge in [-0.05, 0) is 25.2 Å². The largest absolute Gasteiger partial charge is 0.481 e. The molecule has 3 rings (SSSR count). The minimum Gasteiger partial charge on any atom is -0.481 e. The molecular formula is C10H14O3. The molecule has 3 unspecified atom stereocenters. The molecule has 0 aromatic rings. The Hall–Kier alpha value is -0.830. The van der Waals surface area contributed by atoms with Crippen molar-refractivity contribution in [1.29, 1.82) is 0 Å². The first-order chi connectivity index (χ1) is 6.17. The van der Waals surface area contributed by atoms with E-state index in [0.717, 1.165) is 12.8 Å². The van der Waals surface area contributed by atoms with Gasteiger partial charge in [-0.25, -0.2) is 0 Å². The summed E-state index contributed by atoms with van der Waals surface area (Å²) in [5.41, 5.74) is -0.224. The molecule has 0 heterocycles. The zero-order valence-electron chi connectivity index (χ0n) is 7.44. The molecule has 1 fully saturated rings. The number of carboxylic acids is 1. The van der Waals surface area contributed by atoms with E-state index in [1.165, 1.54) is 0 Å². The summed E-state index contributed by atoms with van der Waals surface area (Å²) in [6.07, 6.45) is 6.45. The van der Waals surface area contributed by atoms with Crippen LogP contribution in [0.4, 0.5) is 0 Å². The second-order valence-corrected chi connectivity index (χ2v) is 4.23. The Morgan fingerprint density at radius 2 is 2.38 bits per heavy atom. The van der Waals surface area contributed by atoms with E-state index < -0.39 is 5.97 Å². The maximum atomic E-state index is 10.9. The maximum absolute atomic E-state index is 10.9. The normalized spacial score (nSPS) is 42.2. The molecule has 0 aromatic carbocycles. The molecule has 3 heteroatoms. The van der Waals surface area contributed by atoms with Crippen LogP contribution in [0.3, 0.4) is 0 Å². The molecule has 0 aliphatic heterocycles. The van der Waals surface area contributed by atoms with Crippen molar-refractivity contribution in [2.45, 2.75) is 19.3 Å². The maximum Gasteiger partial charge on any atom is 0.307 e. The monoisotopic (exact) mass is 182 g/mol. The molecule has 2 bridgehead atoms. The highest BCUT2D eigenvalue weighted by Crippen LogP contribution is 2.48. The lowest BCUT2D eigenvalue weighted by atomic mass is 9.61. The van der Waals surface area contributed by atoms with Gasteiger partial charge in [0.25, 0.3) is 0 Å². The predicted molar refractivity (Wildman–Crippen MR) is 47.1 cm³/mol. The van der Waals surface area contributed by atoms with Crippen LogP contribution in [-0.2, 0) is 4.79 Å². The minimum absolute atomic E-state index is 0.0833. The molecule has 2 N–H and O–H groups in total. The average Bonchev–Trinajstić information content (AvgIpc) is 2.19. The predicted octanol–water partition coefficient (Wildman–Crippen LogP) is 1.04. The Kier molecular flexibility index (Phi) is 1.91. The first-order valence-electron chi connectivity index (χ1n) is 4.70. The third-order valence-electron chi connectivity index (χ3n) is 3.45. The Labute approximate surface area is 77.1 Å². The summed E-state index contributed by atoms with van der Waals surface area (Å²) in [7, 11) is 0. The van der Waals surface area contributed by atoms with Crippen molar-refractivity contribution in [3.63, 3.8) is 0 Å². The molecule has 3 aliphatic rings. The van der Waals surface area contributed by atoms with E-state index in [9.17, 15) is 9.90 Å². The van der Waals surface area contributed by atoms with Crippen LogP contribution < -0.4 is 0 Å². The Morgan fingerprint density at radius 1 is 1.62 bits per heavy atom. The standard InChI is InChI=1S/C10H14O3/c11-6-10-3-1-7(2-4-10)8(5-10)9(12)13/h1,3,7-8,11H,2,4-6H2,(H,12,13). The average molecular weight is 182 g/mol. The quantitative estimate of drug-likeness (QED) is 0.627. The van der Waals surface area contributed by atoms with Gasteiger partial charge in [-0.15, -0.1) is 0 Å². The molecule has 0 saturated heterocycles. The molecule has 0 aromatic heterocycles. The highest BCUT2D eigenvalue weighted by atomic mass is 16.4. The van der Waals surface area contributed by atoms with Gasteiger partial charge in [0.1, 0.15) is 0 Å². The van der Waals surface area contributed by atoms with Gasteiger partial charge in [0, 0.05) is 5.41 Å². The number of fused-ring (bicyclic) bond motifs is 2. The molecule has 3 aliphatic carbocycles. The van der Waals surface area contributed by atoms with Crippen LogP contribution in [0, 0.1) is 17.3 Å². The van der Waals surface area contributed by atoms with Crippen molar-refractivity contribution in [2.24, 2.45) is 17.3 Å². The van der Waals surface area contributed by atoms with Gasteiger partial charge >= 0.3 is 5.97 Å². The van der Waals surface area contributed by atoms with Gasteiger partial charge < -0.3 is 10.2 Å². The van der Waals surface area contributed by atoms with Crippen LogP contribution in [-0.4, -0.2) is 22.8 Å². The summed E-state index contributed by atoms with van der Waals surface area (Å²) < 4.78 is 0. The fraction of sp³-hybridized carbons (Fsp3) is 0.700. The molecule has 13 heavy (non-hydrogen) atoms. The van der Waals surface area contributed by atoms with Crippen LogP contribution in [0.15, 0.2) is 12.2 Å². The third-order valence-corrected chi connectivity index (χ3v) is 3.45. The van der Waals surface area contributed by atoms with Gasteiger partial charge in [-0.3, -0.25) is 4.79 Å². The van der Waals surface area contributed by atoms with Crippen molar-refractivity contribution in [3.8, 4) is 0 Å². The Bertz CT molecular complexity index is 259. The summed E-state index contributed by atoms with van der Waals surface area (Å²) in [6.45, 7) is 0.0833. The lowest BCUT2D eigenvalue weighted by molar-refractivity contribution is -0.146. The SMILES string of the molecule is O=C(O)C1CC2(CO)C=CC1CC2. The van der Waals surface area contributed by atoms with E-state index in [0.29, 0.717) is 6.42 Å². The van der Waals surface area contributed by atoms with Gasteiger partial charge in [0.15, 0.2) is 0 Å². The van der Waals surface area contributed by atoms with Gasteiger partial charge in [-0.1, -0.05) is 12.2 Å². The number of hydrogen-bond donors (Lipinski definition) is 2. The topological polar surface area (TPSA) is 57.5 Å². The van der Waals surface area contributed by atoms with E-state index in [1.54, 1.807) is 0 Å². The lowest BCUT2D eigenvalue weighted by Gasteiger charge is -2.44. The van der Waals surface area contributed by atoms with E-state index in [-0.39, 0.29) is 23.9 Å². The first-order valence-corrected chi connectivity index (χ1v) is 4.70. The van der Waals surface area contributed by atoms with E-state index in [1.807, 2.05) is 12.2 Å². The summed E-state index contributed by atoms with van der Waals surface area (Å²) in [5.74, 6) is -0.788. The zero-order chi connectivity index (χ0) is 9.47. The molecule has 3 nitrogen and oxygen atoms in total. The molecule has 1 saturated carbocycles. The number of rotatable bonds is 2. The van der Waals surface area contributed by atoms with E-state index in [4.69, 9.17) is 5.11 Å². The number of aliphatic hydroxyl groups excluding tert-OH is 1. The zero-order valence-corrected chi connectivity index (χ0v) is 7.44. The Morgan fingerprint density at radius 3 is 2.85 bits per heavy atom. The number of aliphatic hydroxyl groups is 1. The summed E-state index contributed by atoms with van der Waals surface area (Å²) >= 11 is 0. The highest BCUT2D eigenvalue weighted by molar-refractivity contribution is 5.71. The number of aliphatic carboxylic acids is 1. The lowest BCUT2D eigenvalue weighted by Crippen LogP contribution is -2.41. The molecular weight excluding hydrogens is 168 g/mol. The third kappa shape index (κ3) is 1.27. The van der Waals surface area contributed by atoms with Gasteiger partial charge in [0.05, 0.1) is 12.5 Å². The van der Waals surface area contributed by atoms with Crippen molar-refractivity contribution in [3.05, 3.63) is 12.2 Å². The number of allylic oxidation sites excluding steroid dienone is 1. The Balaban J connectivity index is 2.24. The molecule has 3 atom stereocenters. The summed E-state index contributed by atoms with van der Waals surface area (Å²) in [4.78, 5) is 10.9. The van der Waals surface area contributed by atoms with Gasteiger partial charge in [-0.2, -0.15) is 0 Å². The smallest absolute Gasteiger partial charge is 0.307 e. The molecule has 0 radical (unpaired) electrons. The first kappa shape index (κ1) is 8.75. The van der Waals surface area contributed by atoms with E-state index >= 15 is 0 Å². The highest BCUT2D eigenvalue weighted by Gasteiger charge is 2.44. The number of carboxylic acid groups (broad SMARTS) is 1. The second-order valence-electron chi connectivity index (χ2n) is 4.23. The van der Waals surface area contributed by atoms with Crippen molar-refractivity contribution in [1.82, 2.24) is 0 Å². The van der Waals surface area contributed by atoms with Crippen molar-refractivity contribution < 1.29 is 15.0 Å². The molecule has 72 valence electrons.